The van der Waals surface area contributed by atoms with Gasteiger partial charge in [0, 0.05) is 49.1 Å². The highest BCUT2D eigenvalue weighted by Crippen LogP contribution is 2.32. The maximum atomic E-state index is 13.2. The molecule has 3 aromatic rings. The Labute approximate surface area is 169 Å². The van der Waals surface area contributed by atoms with Crippen LogP contribution in [0.2, 0.25) is 0 Å². The van der Waals surface area contributed by atoms with E-state index in [0.717, 1.165) is 40.1 Å². The second-order valence-electron chi connectivity index (χ2n) is 7.84. The third kappa shape index (κ3) is 3.08. The Kier molecular flexibility index (Phi) is 4.51. The van der Waals surface area contributed by atoms with Crippen molar-refractivity contribution in [3.8, 4) is 0 Å². The minimum Gasteiger partial charge on any atom is -0.450 e. The van der Waals surface area contributed by atoms with Crippen LogP contribution >= 0.6 is 0 Å². The second kappa shape index (κ2) is 7.19. The van der Waals surface area contributed by atoms with Crippen molar-refractivity contribution in [3.05, 3.63) is 47.7 Å². The van der Waals surface area contributed by atoms with Gasteiger partial charge in [-0.2, -0.15) is 0 Å². The quantitative estimate of drug-likeness (QED) is 0.671. The number of benzene rings is 2. The third-order valence-corrected chi connectivity index (χ3v) is 6.11. The minimum absolute atomic E-state index is 0.0565. The van der Waals surface area contributed by atoms with Crippen LogP contribution in [0.5, 0.6) is 0 Å². The summed E-state index contributed by atoms with van der Waals surface area (Å²) in [7, 11) is 0. The first-order chi connectivity index (χ1) is 14.1. The van der Waals surface area contributed by atoms with Gasteiger partial charge in [-0.25, -0.2) is 0 Å². The van der Waals surface area contributed by atoms with E-state index >= 15 is 0 Å². The number of piperazine rings is 1. The number of carbonyl (C=O) groups is 2. The molecule has 0 radical (unpaired) electrons. The molecule has 6 nitrogen and oxygen atoms in total. The highest BCUT2D eigenvalue weighted by atomic mass is 16.5. The smallest absolute Gasteiger partial charge is 0.290 e. The van der Waals surface area contributed by atoms with Gasteiger partial charge in [-0.05, 0) is 25.2 Å². The summed E-state index contributed by atoms with van der Waals surface area (Å²) in [6.45, 7) is 4.68. The summed E-state index contributed by atoms with van der Waals surface area (Å²) in [4.78, 5) is 29.3. The molecule has 0 aliphatic carbocycles. The maximum Gasteiger partial charge on any atom is 0.290 e. The number of aryl methyl sites for hydroxylation is 1. The Balaban J connectivity index is 1.36. The monoisotopic (exact) mass is 392 g/mol. The fourth-order valence-electron chi connectivity index (χ4n) is 4.40. The van der Waals surface area contributed by atoms with Crippen molar-refractivity contribution in [3.63, 3.8) is 0 Å². The zero-order valence-corrected chi connectivity index (χ0v) is 16.5. The van der Waals surface area contributed by atoms with E-state index in [9.17, 15) is 9.59 Å². The molecule has 6 heteroatoms. The first-order valence-electron chi connectivity index (χ1n) is 10.2. The number of carbonyl (C=O) groups excluding carboxylic acids is 2. The van der Waals surface area contributed by atoms with Gasteiger partial charge in [0.1, 0.15) is 11.7 Å². The number of ether oxygens (including phenoxy) is 1. The van der Waals surface area contributed by atoms with E-state index in [4.69, 9.17) is 9.15 Å². The van der Waals surface area contributed by atoms with Crippen molar-refractivity contribution in [2.45, 2.75) is 25.9 Å². The van der Waals surface area contributed by atoms with Gasteiger partial charge in [0.15, 0.2) is 5.76 Å². The summed E-state index contributed by atoms with van der Waals surface area (Å²) in [5.74, 6) is 0.350. The molecule has 0 N–H and O–H groups in total. The Bertz CT molecular complexity index is 1090. The van der Waals surface area contributed by atoms with Crippen molar-refractivity contribution < 1.29 is 18.7 Å². The SMILES string of the molecule is Cc1c(C(=O)N2CCN(C(=O)C3CCCO3)CC2)oc2c1ccc1ccccc12. The van der Waals surface area contributed by atoms with E-state index in [1.807, 2.05) is 42.2 Å². The molecule has 0 spiro atoms. The maximum absolute atomic E-state index is 13.2. The summed E-state index contributed by atoms with van der Waals surface area (Å²) in [6.07, 6.45) is 1.43. The molecule has 1 atom stereocenters. The number of amides is 2. The van der Waals surface area contributed by atoms with E-state index < -0.39 is 0 Å². The summed E-state index contributed by atoms with van der Waals surface area (Å²) in [6, 6.07) is 12.1. The molecule has 0 saturated carbocycles. The number of rotatable bonds is 2. The third-order valence-electron chi connectivity index (χ3n) is 6.11. The van der Waals surface area contributed by atoms with E-state index in [2.05, 4.69) is 6.07 Å². The summed E-state index contributed by atoms with van der Waals surface area (Å²) in [5.41, 5.74) is 1.63. The van der Waals surface area contributed by atoms with Crippen LogP contribution in [0, 0.1) is 6.92 Å². The van der Waals surface area contributed by atoms with Crippen molar-refractivity contribution in [2.24, 2.45) is 0 Å². The minimum atomic E-state index is -0.303. The van der Waals surface area contributed by atoms with Crippen LogP contribution < -0.4 is 0 Å². The number of furan rings is 1. The van der Waals surface area contributed by atoms with E-state index in [0.29, 0.717) is 38.5 Å². The average Bonchev–Trinajstić information content (AvgIpc) is 3.41. The van der Waals surface area contributed by atoms with Gasteiger partial charge in [0.25, 0.3) is 11.8 Å². The molecule has 5 rings (SSSR count). The van der Waals surface area contributed by atoms with Gasteiger partial charge in [-0.15, -0.1) is 0 Å². The lowest BCUT2D eigenvalue weighted by Gasteiger charge is -2.35. The topological polar surface area (TPSA) is 63.0 Å². The summed E-state index contributed by atoms with van der Waals surface area (Å²) < 4.78 is 11.6. The van der Waals surface area contributed by atoms with Crippen molar-refractivity contribution in [2.75, 3.05) is 32.8 Å². The van der Waals surface area contributed by atoms with Crippen LogP contribution in [-0.4, -0.2) is 60.5 Å². The van der Waals surface area contributed by atoms with Crippen LogP contribution in [0.3, 0.4) is 0 Å². The lowest BCUT2D eigenvalue weighted by Crippen LogP contribution is -2.52. The molecule has 150 valence electrons. The van der Waals surface area contributed by atoms with Crippen LogP contribution in [0.1, 0.15) is 29.0 Å². The van der Waals surface area contributed by atoms with Crippen LogP contribution in [0.25, 0.3) is 21.7 Å². The molecule has 1 unspecified atom stereocenters. The first-order valence-corrected chi connectivity index (χ1v) is 10.2. The fourth-order valence-corrected chi connectivity index (χ4v) is 4.40. The highest BCUT2D eigenvalue weighted by Gasteiger charge is 2.32. The molecule has 3 heterocycles. The van der Waals surface area contributed by atoms with E-state index in [-0.39, 0.29) is 17.9 Å². The lowest BCUT2D eigenvalue weighted by atomic mass is 10.1. The fraction of sp³-hybridized carbons (Fsp3) is 0.391. The van der Waals surface area contributed by atoms with E-state index in [1.165, 1.54) is 0 Å². The lowest BCUT2D eigenvalue weighted by molar-refractivity contribution is -0.142. The predicted molar refractivity (Wildman–Crippen MR) is 110 cm³/mol. The van der Waals surface area contributed by atoms with Gasteiger partial charge in [-0.1, -0.05) is 36.4 Å². The summed E-state index contributed by atoms with van der Waals surface area (Å²) in [5, 5.41) is 3.08. The zero-order chi connectivity index (χ0) is 20.0. The van der Waals surface area contributed by atoms with Crippen molar-refractivity contribution >= 4 is 33.6 Å². The molecular weight excluding hydrogens is 368 g/mol. The van der Waals surface area contributed by atoms with Gasteiger partial charge in [0.2, 0.25) is 0 Å². The summed E-state index contributed by atoms with van der Waals surface area (Å²) >= 11 is 0. The normalized spacial score (nSPS) is 20.0. The average molecular weight is 392 g/mol. The van der Waals surface area contributed by atoms with Gasteiger partial charge in [0.05, 0.1) is 0 Å². The molecule has 1 aromatic heterocycles. The Hall–Kier alpha value is -2.86. The zero-order valence-electron chi connectivity index (χ0n) is 16.5. The molecular formula is C23H24N2O4. The standard InChI is InChI=1S/C23H24N2O4/c1-15-17-9-8-16-5-2-3-6-18(16)21(17)29-20(15)23(27)25-12-10-24(11-13-25)22(26)19-7-4-14-28-19/h2-3,5-6,8-9,19H,4,7,10-14H2,1H3. The highest BCUT2D eigenvalue weighted by molar-refractivity contribution is 6.08. The van der Waals surface area contributed by atoms with Crippen LogP contribution in [0.4, 0.5) is 0 Å². The molecule has 0 bridgehead atoms. The van der Waals surface area contributed by atoms with Crippen LogP contribution in [-0.2, 0) is 9.53 Å². The first kappa shape index (κ1) is 18.2. The molecule has 2 aliphatic heterocycles. The van der Waals surface area contributed by atoms with E-state index in [1.54, 1.807) is 4.90 Å². The van der Waals surface area contributed by atoms with Crippen molar-refractivity contribution in [1.82, 2.24) is 9.80 Å². The van der Waals surface area contributed by atoms with Crippen molar-refractivity contribution in [1.29, 1.82) is 0 Å². The second-order valence-corrected chi connectivity index (χ2v) is 7.84. The molecule has 2 aliphatic rings. The van der Waals surface area contributed by atoms with Gasteiger partial charge < -0.3 is 19.0 Å². The number of hydrogen-bond acceptors (Lipinski definition) is 4. The van der Waals surface area contributed by atoms with Gasteiger partial charge >= 0.3 is 0 Å². The Morgan fingerprint density at radius 2 is 1.72 bits per heavy atom. The molecule has 2 fully saturated rings. The molecule has 2 aromatic carbocycles. The van der Waals surface area contributed by atoms with Crippen LogP contribution in [0.15, 0.2) is 40.8 Å². The van der Waals surface area contributed by atoms with Gasteiger partial charge in [-0.3, -0.25) is 9.59 Å². The number of fused-ring (bicyclic) bond motifs is 3. The number of hydrogen-bond donors (Lipinski definition) is 0. The predicted octanol–water partition coefficient (Wildman–Crippen LogP) is 3.36. The molecule has 2 amide bonds. The Morgan fingerprint density at radius 3 is 2.48 bits per heavy atom. The Morgan fingerprint density at radius 1 is 0.966 bits per heavy atom. The number of nitrogens with zero attached hydrogens (tertiary/aromatic N) is 2. The largest absolute Gasteiger partial charge is 0.450 e. The molecule has 29 heavy (non-hydrogen) atoms. The molecule has 2 saturated heterocycles.